The van der Waals surface area contributed by atoms with Gasteiger partial charge in [0.25, 0.3) is 0 Å². The SMILES string of the molecule is COc1ccc2cc([C@@H](C)Sc3nnnn3-c3cccc(NC(C)=O)c3)ccc2c1. The molecule has 0 unspecified atom stereocenters. The molecule has 4 rings (SSSR count). The molecule has 4 aromatic rings. The third-order valence-electron chi connectivity index (χ3n) is 4.68. The molecule has 152 valence electrons. The van der Waals surface area contributed by atoms with E-state index in [4.69, 9.17) is 4.74 Å². The lowest BCUT2D eigenvalue weighted by atomic mass is 10.1. The minimum Gasteiger partial charge on any atom is -0.497 e. The maximum atomic E-state index is 11.3. The molecule has 1 aromatic heterocycles. The first-order valence-corrected chi connectivity index (χ1v) is 10.3. The molecule has 30 heavy (non-hydrogen) atoms. The third kappa shape index (κ3) is 4.28. The van der Waals surface area contributed by atoms with Crippen LogP contribution in [0.3, 0.4) is 0 Å². The van der Waals surface area contributed by atoms with Crippen molar-refractivity contribution >= 4 is 34.1 Å². The Labute approximate surface area is 178 Å². The van der Waals surface area contributed by atoms with Crippen LogP contribution in [0.4, 0.5) is 5.69 Å². The van der Waals surface area contributed by atoms with Crippen LogP contribution in [0.5, 0.6) is 5.75 Å². The first-order valence-electron chi connectivity index (χ1n) is 9.44. The topological polar surface area (TPSA) is 81.9 Å². The summed E-state index contributed by atoms with van der Waals surface area (Å²) >= 11 is 1.58. The first-order chi connectivity index (χ1) is 14.5. The van der Waals surface area contributed by atoms with Crippen LogP contribution in [0.1, 0.15) is 24.7 Å². The van der Waals surface area contributed by atoms with E-state index in [0.29, 0.717) is 10.8 Å². The fourth-order valence-electron chi connectivity index (χ4n) is 3.18. The summed E-state index contributed by atoms with van der Waals surface area (Å²) in [6.07, 6.45) is 0. The van der Waals surface area contributed by atoms with Gasteiger partial charge in [0.15, 0.2) is 0 Å². The Morgan fingerprint density at radius 3 is 2.70 bits per heavy atom. The van der Waals surface area contributed by atoms with E-state index in [1.165, 1.54) is 12.5 Å². The van der Waals surface area contributed by atoms with Crippen LogP contribution in [-0.2, 0) is 4.79 Å². The second-order valence-electron chi connectivity index (χ2n) is 6.84. The van der Waals surface area contributed by atoms with Crippen molar-refractivity contribution in [2.24, 2.45) is 0 Å². The number of hydrogen-bond donors (Lipinski definition) is 1. The van der Waals surface area contributed by atoms with Crippen LogP contribution in [0.15, 0.2) is 65.8 Å². The van der Waals surface area contributed by atoms with Crippen molar-refractivity contribution < 1.29 is 9.53 Å². The van der Waals surface area contributed by atoms with Crippen molar-refractivity contribution in [2.45, 2.75) is 24.3 Å². The molecule has 0 bridgehead atoms. The second-order valence-corrected chi connectivity index (χ2v) is 8.15. The Morgan fingerprint density at radius 2 is 1.90 bits per heavy atom. The normalized spacial score (nSPS) is 12.0. The lowest BCUT2D eigenvalue weighted by Gasteiger charge is -2.13. The maximum Gasteiger partial charge on any atom is 0.221 e. The number of ether oxygens (including phenoxy) is 1. The highest BCUT2D eigenvalue weighted by Crippen LogP contribution is 2.36. The van der Waals surface area contributed by atoms with Gasteiger partial charge in [-0.1, -0.05) is 42.1 Å². The van der Waals surface area contributed by atoms with Crippen molar-refractivity contribution in [1.82, 2.24) is 20.2 Å². The average Bonchev–Trinajstić information content (AvgIpc) is 3.20. The van der Waals surface area contributed by atoms with E-state index in [0.717, 1.165) is 22.2 Å². The summed E-state index contributed by atoms with van der Waals surface area (Å²) in [5.41, 5.74) is 2.66. The van der Waals surface area contributed by atoms with Crippen LogP contribution >= 0.6 is 11.8 Å². The maximum absolute atomic E-state index is 11.3. The number of nitrogens with zero attached hydrogens (tertiary/aromatic N) is 4. The molecule has 0 aliphatic rings. The number of rotatable bonds is 6. The number of nitrogens with one attached hydrogen (secondary N) is 1. The van der Waals surface area contributed by atoms with E-state index < -0.39 is 0 Å². The summed E-state index contributed by atoms with van der Waals surface area (Å²) in [5, 5.41) is 18.1. The number of benzene rings is 3. The Kier molecular flexibility index (Phi) is 5.67. The van der Waals surface area contributed by atoms with Gasteiger partial charge in [0.1, 0.15) is 5.75 Å². The highest BCUT2D eigenvalue weighted by atomic mass is 32.2. The molecule has 3 aromatic carbocycles. The summed E-state index contributed by atoms with van der Waals surface area (Å²) in [4.78, 5) is 11.3. The molecule has 0 aliphatic carbocycles. The largest absolute Gasteiger partial charge is 0.497 e. The van der Waals surface area contributed by atoms with Gasteiger partial charge in [0.2, 0.25) is 11.1 Å². The molecule has 0 fully saturated rings. The van der Waals surface area contributed by atoms with E-state index in [2.05, 4.69) is 52.0 Å². The number of anilines is 1. The Morgan fingerprint density at radius 1 is 1.10 bits per heavy atom. The molecule has 8 heteroatoms. The van der Waals surface area contributed by atoms with E-state index in [1.807, 2.05) is 36.4 Å². The van der Waals surface area contributed by atoms with Gasteiger partial charge in [-0.15, -0.1) is 5.10 Å². The summed E-state index contributed by atoms with van der Waals surface area (Å²) in [7, 11) is 1.67. The minimum absolute atomic E-state index is 0.124. The van der Waals surface area contributed by atoms with E-state index in [9.17, 15) is 4.79 Å². The monoisotopic (exact) mass is 419 g/mol. The average molecular weight is 420 g/mol. The van der Waals surface area contributed by atoms with Crippen molar-refractivity contribution in [2.75, 3.05) is 12.4 Å². The summed E-state index contributed by atoms with van der Waals surface area (Å²) < 4.78 is 6.98. The van der Waals surface area contributed by atoms with Gasteiger partial charge in [0.05, 0.1) is 12.8 Å². The highest BCUT2D eigenvalue weighted by molar-refractivity contribution is 7.99. The molecule has 1 atom stereocenters. The molecule has 0 saturated heterocycles. The van der Waals surface area contributed by atoms with Crippen molar-refractivity contribution in [1.29, 1.82) is 0 Å². The molecule has 0 aliphatic heterocycles. The van der Waals surface area contributed by atoms with Crippen LogP contribution in [0.25, 0.3) is 16.5 Å². The van der Waals surface area contributed by atoms with Gasteiger partial charge in [0, 0.05) is 17.9 Å². The third-order valence-corrected chi connectivity index (χ3v) is 5.77. The standard InChI is InChI=1S/C22H21N5O2S/c1-14(16-7-8-18-12-21(29-3)10-9-17(18)11-16)30-22-24-25-26-27(22)20-6-4-5-19(13-20)23-15(2)28/h4-14H,1-3H3,(H,23,28)/t14-/m1/s1. The summed E-state index contributed by atoms with van der Waals surface area (Å²) in [6, 6.07) is 19.9. The number of carbonyl (C=O) groups excluding carboxylic acids is 1. The zero-order chi connectivity index (χ0) is 21.1. The Balaban J connectivity index is 1.58. The quantitative estimate of drug-likeness (QED) is 0.459. The minimum atomic E-state index is -0.124. The lowest BCUT2D eigenvalue weighted by Crippen LogP contribution is -2.07. The molecule has 1 N–H and O–H groups in total. The lowest BCUT2D eigenvalue weighted by molar-refractivity contribution is -0.114. The van der Waals surface area contributed by atoms with Gasteiger partial charge < -0.3 is 10.1 Å². The predicted octanol–water partition coefficient (Wildman–Crippen LogP) is 4.64. The fourth-order valence-corrected chi connectivity index (χ4v) is 4.11. The van der Waals surface area contributed by atoms with Gasteiger partial charge in [-0.25, -0.2) is 0 Å². The number of thioether (sulfide) groups is 1. The fraction of sp³-hybridized carbons (Fsp3) is 0.182. The Bertz CT molecular complexity index is 1210. The predicted molar refractivity (Wildman–Crippen MR) is 118 cm³/mol. The Hall–Kier alpha value is -3.39. The van der Waals surface area contributed by atoms with Crippen molar-refractivity contribution in [3.8, 4) is 11.4 Å². The molecular weight excluding hydrogens is 398 g/mol. The summed E-state index contributed by atoms with van der Waals surface area (Å²) in [5.74, 6) is 0.722. The highest BCUT2D eigenvalue weighted by Gasteiger charge is 2.16. The van der Waals surface area contributed by atoms with Gasteiger partial charge in [-0.05, 0) is 64.0 Å². The molecule has 1 amide bonds. The van der Waals surface area contributed by atoms with Crippen molar-refractivity contribution in [3.05, 3.63) is 66.2 Å². The van der Waals surface area contributed by atoms with E-state index in [1.54, 1.807) is 23.6 Å². The number of fused-ring (bicyclic) bond motifs is 1. The number of hydrogen-bond acceptors (Lipinski definition) is 6. The zero-order valence-electron chi connectivity index (χ0n) is 16.9. The number of tetrazole rings is 1. The molecule has 0 spiro atoms. The molecule has 0 radical (unpaired) electrons. The van der Waals surface area contributed by atoms with Crippen LogP contribution in [-0.4, -0.2) is 33.2 Å². The van der Waals surface area contributed by atoms with E-state index in [-0.39, 0.29) is 11.2 Å². The van der Waals surface area contributed by atoms with Crippen molar-refractivity contribution in [3.63, 3.8) is 0 Å². The molecule has 1 heterocycles. The summed E-state index contributed by atoms with van der Waals surface area (Å²) in [6.45, 7) is 3.61. The molecule has 0 saturated carbocycles. The van der Waals surface area contributed by atoms with E-state index >= 15 is 0 Å². The second kappa shape index (κ2) is 8.54. The zero-order valence-corrected chi connectivity index (χ0v) is 17.7. The molecular formula is C22H21N5O2S. The smallest absolute Gasteiger partial charge is 0.221 e. The number of aromatic nitrogens is 4. The molecule has 7 nitrogen and oxygen atoms in total. The van der Waals surface area contributed by atoms with Gasteiger partial charge in [-0.2, -0.15) is 4.68 Å². The number of carbonyl (C=O) groups is 1. The van der Waals surface area contributed by atoms with Gasteiger partial charge in [-0.3, -0.25) is 4.79 Å². The van der Waals surface area contributed by atoms with Crippen LogP contribution < -0.4 is 10.1 Å². The first kappa shape index (κ1) is 19.9. The number of amides is 1. The number of methoxy groups -OCH3 is 1. The van der Waals surface area contributed by atoms with Gasteiger partial charge >= 0.3 is 0 Å². The van der Waals surface area contributed by atoms with Crippen LogP contribution in [0.2, 0.25) is 0 Å². The van der Waals surface area contributed by atoms with Crippen LogP contribution in [0, 0.1) is 0 Å².